The fraction of sp³-hybridized carbons (Fsp3) is 0.238. The monoisotopic (exact) mass is 319 g/mol. The van der Waals surface area contributed by atoms with E-state index < -0.39 is 5.97 Å². The Balaban J connectivity index is 2.11. The number of aromatic carboxylic acids is 1. The molecule has 0 aliphatic rings. The van der Waals surface area contributed by atoms with Crippen molar-refractivity contribution in [1.29, 1.82) is 0 Å². The normalized spacial score (nSPS) is 11.7. The van der Waals surface area contributed by atoms with E-state index in [2.05, 4.69) is 56.1 Å². The Hall–Kier alpha value is -2.68. The van der Waals surface area contributed by atoms with Gasteiger partial charge in [0.05, 0.1) is 16.8 Å². The summed E-state index contributed by atoms with van der Waals surface area (Å²) in [6.07, 6.45) is 0. The molecule has 1 aromatic heterocycles. The van der Waals surface area contributed by atoms with Crippen LogP contribution in [-0.4, -0.2) is 16.1 Å². The first kappa shape index (κ1) is 16.2. The second kappa shape index (κ2) is 5.75. The van der Waals surface area contributed by atoms with Crippen LogP contribution in [0.5, 0.6) is 0 Å². The third-order valence-electron chi connectivity index (χ3n) is 4.31. The molecule has 0 unspecified atom stereocenters. The highest BCUT2D eigenvalue weighted by atomic mass is 16.4. The fourth-order valence-electron chi connectivity index (χ4n) is 2.82. The van der Waals surface area contributed by atoms with Crippen LogP contribution in [0.3, 0.4) is 0 Å². The van der Waals surface area contributed by atoms with Crippen molar-refractivity contribution in [3.63, 3.8) is 0 Å². The van der Waals surface area contributed by atoms with E-state index in [1.54, 1.807) is 12.1 Å². The van der Waals surface area contributed by atoms with Gasteiger partial charge in [0.15, 0.2) is 0 Å². The van der Waals surface area contributed by atoms with E-state index in [1.165, 1.54) is 5.56 Å². The maximum atomic E-state index is 11.2. The van der Waals surface area contributed by atoms with Crippen molar-refractivity contribution in [2.45, 2.75) is 33.1 Å². The summed E-state index contributed by atoms with van der Waals surface area (Å²) in [5.41, 5.74) is 5.35. The van der Waals surface area contributed by atoms with Gasteiger partial charge in [-0.15, -0.1) is 0 Å². The summed E-state index contributed by atoms with van der Waals surface area (Å²) >= 11 is 0. The van der Waals surface area contributed by atoms with Crippen LogP contribution >= 0.6 is 0 Å². The average molecular weight is 319 g/mol. The Morgan fingerprint density at radius 1 is 1.00 bits per heavy atom. The van der Waals surface area contributed by atoms with Crippen molar-refractivity contribution in [2.24, 2.45) is 0 Å². The number of nitrogens with zero attached hydrogens (tertiary/aromatic N) is 1. The van der Waals surface area contributed by atoms with E-state index in [4.69, 9.17) is 0 Å². The molecule has 0 aliphatic heterocycles. The third-order valence-corrected chi connectivity index (χ3v) is 4.31. The third kappa shape index (κ3) is 3.02. The standard InChI is InChI=1S/C21H21NO2/c1-13-11-18(14-5-8-16(9-6-14)21(2,3)4)22-19-12-15(20(23)24)7-10-17(13)19/h5-12H,1-4H3,(H,23,24). The molecule has 0 fully saturated rings. The van der Waals surface area contributed by atoms with Crippen molar-refractivity contribution in [1.82, 2.24) is 4.98 Å². The molecule has 0 saturated heterocycles. The number of hydrogen-bond donors (Lipinski definition) is 1. The minimum atomic E-state index is -0.934. The SMILES string of the molecule is Cc1cc(-c2ccc(C(C)(C)C)cc2)nc2cc(C(=O)O)ccc12. The van der Waals surface area contributed by atoms with Gasteiger partial charge < -0.3 is 5.11 Å². The maximum absolute atomic E-state index is 11.2. The number of aromatic nitrogens is 1. The average Bonchev–Trinajstić information content (AvgIpc) is 2.53. The largest absolute Gasteiger partial charge is 0.478 e. The number of fused-ring (bicyclic) bond motifs is 1. The summed E-state index contributed by atoms with van der Waals surface area (Å²) in [6.45, 7) is 8.59. The van der Waals surface area contributed by atoms with Gasteiger partial charge in [0.2, 0.25) is 0 Å². The van der Waals surface area contributed by atoms with E-state index >= 15 is 0 Å². The molecule has 1 N–H and O–H groups in total. The Morgan fingerprint density at radius 2 is 1.67 bits per heavy atom. The molecule has 0 amide bonds. The first-order chi connectivity index (χ1) is 11.3. The highest BCUT2D eigenvalue weighted by Crippen LogP contribution is 2.28. The van der Waals surface area contributed by atoms with Gasteiger partial charge in [0.25, 0.3) is 0 Å². The van der Waals surface area contributed by atoms with Crippen LogP contribution in [0.1, 0.15) is 42.3 Å². The maximum Gasteiger partial charge on any atom is 0.335 e. The molecule has 2 aromatic carbocycles. The van der Waals surface area contributed by atoms with E-state index in [9.17, 15) is 9.90 Å². The molecule has 0 spiro atoms. The molecule has 24 heavy (non-hydrogen) atoms. The number of aryl methyl sites for hydroxylation is 1. The summed E-state index contributed by atoms with van der Waals surface area (Å²) in [6, 6.07) is 15.6. The predicted molar refractivity (Wildman–Crippen MR) is 97.6 cm³/mol. The topological polar surface area (TPSA) is 50.2 Å². The second-order valence-corrected chi connectivity index (χ2v) is 7.19. The van der Waals surface area contributed by atoms with Crippen LogP contribution in [0.15, 0.2) is 48.5 Å². The second-order valence-electron chi connectivity index (χ2n) is 7.19. The van der Waals surface area contributed by atoms with Crippen LogP contribution in [0.25, 0.3) is 22.2 Å². The van der Waals surface area contributed by atoms with Gasteiger partial charge >= 0.3 is 5.97 Å². The van der Waals surface area contributed by atoms with Crippen LogP contribution in [0.4, 0.5) is 0 Å². The summed E-state index contributed by atoms with van der Waals surface area (Å²) in [5, 5.41) is 10.2. The molecule has 0 saturated carbocycles. The molecule has 3 heteroatoms. The predicted octanol–water partition coefficient (Wildman–Crippen LogP) is 5.21. The smallest absolute Gasteiger partial charge is 0.335 e. The summed E-state index contributed by atoms with van der Waals surface area (Å²) in [7, 11) is 0. The molecule has 0 aliphatic carbocycles. The lowest BCUT2D eigenvalue weighted by atomic mass is 9.86. The molecule has 3 aromatic rings. The van der Waals surface area contributed by atoms with Crippen molar-refractivity contribution >= 4 is 16.9 Å². The number of rotatable bonds is 2. The molecule has 3 rings (SSSR count). The van der Waals surface area contributed by atoms with Crippen molar-refractivity contribution in [2.75, 3.05) is 0 Å². The van der Waals surface area contributed by atoms with Crippen molar-refractivity contribution in [3.8, 4) is 11.3 Å². The molecular formula is C21H21NO2. The summed E-state index contributed by atoms with van der Waals surface area (Å²) < 4.78 is 0. The highest BCUT2D eigenvalue weighted by Gasteiger charge is 2.14. The number of carbonyl (C=O) groups is 1. The highest BCUT2D eigenvalue weighted by molar-refractivity contribution is 5.94. The van der Waals surface area contributed by atoms with Gasteiger partial charge in [-0.2, -0.15) is 0 Å². The molecule has 0 atom stereocenters. The zero-order chi connectivity index (χ0) is 17.5. The van der Waals surface area contributed by atoms with Gasteiger partial charge in [-0.25, -0.2) is 9.78 Å². The number of carboxylic acid groups (broad SMARTS) is 1. The van der Waals surface area contributed by atoms with Crippen LogP contribution in [0, 0.1) is 6.92 Å². The van der Waals surface area contributed by atoms with E-state index in [0.29, 0.717) is 5.52 Å². The Morgan fingerprint density at radius 3 is 2.25 bits per heavy atom. The number of pyridine rings is 1. The summed E-state index contributed by atoms with van der Waals surface area (Å²) in [5.74, 6) is -0.934. The Kier molecular flexibility index (Phi) is 3.88. The molecule has 0 radical (unpaired) electrons. The minimum Gasteiger partial charge on any atom is -0.478 e. The first-order valence-corrected chi connectivity index (χ1v) is 8.01. The van der Waals surface area contributed by atoms with Crippen molar-refractivity contribution < 1.29 is 9.90 Å². The fourth-order valence-corrected chi connectivity index (χ4v) is 2.82. The molecule has 0 bridgehead atoms. The van der Waals surface area contributed by atoms with Gasteiger partial charge in [-0.05, 0) is 41.7 Å². The molecule has 1 heterocycles. The van der Waals surface area contributed by atoms with Gasteiger partial charge in [-0.1, -0.05) is 51.1 Å². The van der Waals surface area contributed by atoms with Gasteiger partial charge in [0, 0.05) is 10.9 Å². The van der Waals surface area contributed by atoms with Crippen LogP contribution < -0.4 is 0 Å². The van der Waals surface area contributed by atoms with Crippen LogP contribution in [0.2, 0.25) is 0 Å². The van der Waals surface area contributed by atoms with E-state index in [-0.39, 0.29) is 11.0 Å². The summed E-state index contributed by atoms with van der Waals surface area (Å²) in [4.78, 5) is 15.9. The molecular weight excluding hydrogens is 298 g/mol. The number of benzene rings is 2. The lowest BCUT2D eigenvalue weighted by Crippen LogP contribution is -2.10. The quantitative estimate of drug-likeness (QED) is 0.705. The Labute approximate surface area is 142 Å². The number of carboxylic acids is 1. The van der Waals surface area contributed by atoms with E-state index in [0.717, 1.165) is 22.2 Å². The molecule has 3 nitrogen and oxygen atoms in total. The number of hydrogen-bond acceptors (Lipinski definition) is 2. The van der Waals surface area contributed by atoms with Gasteiger partial charge in [0.1, 0.15) is 0 Å². The lowest BCUT2D eigenvalue weighted by Gasteiger charge is -2.19. The first-order valence-electron chi connectivity index (χ1n) is 8.01. The molecule has 122 valence electrons. The Bertz CT molecular complexity index is 919. The van der Waals surface area contributed by atoms with E-state index in [1.807, 2.05) is 13.0 Å². The van der Waals surface area contributed by atoms with Gasteiger partial charge in [-0.3, -0.25) is 0 Å². The zero-order valence-electron chi connectivity index (χ0n) is 14.4. The zero-order valence-corrected chi connectivity index (χ0v) is 14.4. The van der Waals surface area contributed by atoms with Crippen molar-refractivity contribution in [3.05, 3.63) is 65.2 Å². The minimum absolute atomic E-state index is 0.113. The lowest BCUT2D eigenvalue weighted by molar-refractivity contribution is 0.0697. The van der Waals surface area contributed by atoms with Crippen LogP contribution in [-0.2, 0) is 5.41 Å².